The Morgan fingerprint density at radius 3 is 2.55 bits per heavy atom. The minimum atomic E-state index is 0.460. The molecule has 0 N–H and O–H groups in total. The van der Waals surface area contributed by atoms with Crippen LogP contribution in [0.5, 0.6) is 5.75 Å². The molecule has 0 aromatic heterocycles. The Morgan fingerprint density at radius 2 is 1.85 bits per heavy atom. The highest BCUT2D eigenvalue weighted by Crippen LogP contribution is 2.16. The number of rotatable bonds is 7. The van der Waals surface area contributed by atoms with Gasteiger partial charge in [0, 0.05) is 5.88 Å². The summed E-state index contributed by atoms with van der Waals surface area (Å²) in [6.45, 7) is 2.84. The molecule has 0 radical (unpaired) electrons. The number of benzene rings is 2. The van der Waals surface area contributed by atoms with Crippen LogP contribution >= 0.6 is 11.6 Å². The molecule has 20 heavy (non-hydrogen) atoms. The monoisotopic (exact) mass is 288 g/mol. The van der Waals surface area contributed by atoms with E-state index in [2.05, 4.69) is 31.2 Å². The Bertz CT molecular complexity index is 510. The first-order valence-electron chi connectivity index (χ1n) is 7.07. The Labute approximate surface area is 126 Å². The molecule has 2 aromatic carbocycles. The zero-order valence-corrected chi connectivity index (χ0v) is 12.6. The van der Waals surface area contributed by atoms with Crippen LogP contribution in [0.2, 0.25) is 0 Å². The van der Waals surface area contributed by atoms with Crippen LogP contribution in [0.15, 0.2) is 54.6 Å². The van der Waals surface area contributed by atoms with Crippen molar-refractivity contribution in [2.45, 2.75) is 19.8 Å². The summed E-state index contributed by atoms with van der Waals surface area (Å²) in [6.07, 6.45) is 2.00. The standard InChI is InChI=1S/C18H21ClO/c1-15-6-5-7-16(12-15)13-17(14-19)10-11-20-18-8-3-2-4-9-18/h2-9,12,17H,10-11,13-14H2,1H3. The van der Waals surface area contributed by atoms with Crippen molar-refractivity contribution >= 4 is 11.6 Å². The topological polar surface area (TPSA) is 9.23 Å². The van der Waals surface area contributed by atoms with E-state index in [9.17, 15) is 0 Å². The second-order valence-corrected chi connectivity index (χ2v) is 5.47. The molecule has 1 atom stereocenters. The van der Waals surface area contributed by atoms with Crippen LogP contribution in [0.4, 0.5) is 0 Å². The fraction of sp³-hybridized carbons (Fsp3) is 0.333. The summed E-state index contributed by atoms with van der Waals surface area (Å²) < 4.78 is 5.74. The Balaban J connectivity index is 1.80. The summed E-state index contributed by atoms with van der Waals surface area (Å²) in [5, 5.41) is 0. The van der Waals surface area contributed by atoms with Crippen LogP contribution in [0.25, 0.3) is 0 Å². The molecule has 1 unspecified atom stereocenters. The van der Waals surface area contributed by atoms with Gasteiger partial charge in [0.1, 0.15) is 5.75 Å². The van der Waals surface area contributed by atoms with Crippen LogP contribution in [0, 0.1) is 12.8 Å². The van der Waals surface area contributed by atoms with Crippen molar-refractivity contribution in [2.75, 3.05) is 12.5 Å². The highest BCUT2D eigenvalue weighted by atomic mass is 35.5. The minimum absolute atomic E-state index is 0.460. The molecule has 0 bridgehead atoms. The van der Waals surface area contributed by atoms with Gasteiger partial charge in [-0.3, -0.25) is 0 Å². The molecule has 0 aliphatic rings. The molecule has 0 aliphatic heterocycles. The SMILES string of the molecule is Cc1cccc(CC(CCl)CCOc2ccccc2)c1. The molecule has 0 amide bonds. The molecule has 0 heterocycles. The van der Waals surface area contributed by atoms with Crippen LogP contribution in [0.1, 0.15) is 17.5 Å². The number of aryl methyl sites for hydroxylation is 1. The van der Waals surface area contributed by atoms with E-state index in [0.29, 0.717) is 18.4 Å². The van der Waals surface area contributed by atoms with E-state index in [4.69, 9.17) is 16.3 Å². The zero-order chi connectivity index (χ0) is 14.2. The van der Waals surface area contributed by atoms with Gasteiger partial charge in [0.25, 0.3) is 0 Å². The van der Waals surface area contributed by atoms with Gasteiger partial charge in [-0.1, -0.05) is 48.0 Å². The third-order valence-electron chi connectivity index (χ3n) is 3.36. The first-order valence-corrected chi connectivity index (χ1v) is 7.60. The van der Waals surface area contributed by atoms with Gasteiger partial charge in [0.05, 0.1) is 6.61 Å². The maximum Gasteiger partial charge on any atom is 0.119 e. The summed E-state index contributed by atoms with van der Waals surface area (Å²) >= 11 is 6.08. The van der Waals surface area contributed by atoms with E-state index in [1.807, 2.05) is 30.3 Å². The molecule has 1 nitrogen and oxygen atoms in total. The van der Waals surface area contributed by atoms with Gasteiger partial charge in [-0.2, -0.15) is 0 Å². The lowest BCUT2D eigenvalue weighted by Crippen LogP contribution is -2.11. The number of halogens is 1. The predicted octanol–water partition coefficient (Wildman–Crippen LogP) is 4.86. The summed E-state index contributed by atoms with van der Waals surface area (Å²) in [4.78, 5) is 0. The molecular weight excluding hydrogens is 268 g/mol. The highest BCUT2D eigenvalue weighted by molar-refractivity contribution is 6.18. The van der Waals surface area contributed by atoms with Crippen LogP contribution < -0.4 is 4.74 Å². The number of ether oxygens (including phenoxy) is 1. The first kappa shape index (κ1) is 14.9. The van der Waals surface area contributed by atoms with Gasteiger partial charge in [-0.25, -0.2) is 0 Å². The molecule has 2 heteroatoms. The van der Waals surface area contributed by atoms with Crippen molar-refractivity contribution < 1.29 is 4.74 Å². The summed E-state index contributed by atoms with van der Waals surface area (Å²) in [7, 11) is 0. The van der Waals surface area contributed by atoms with Crippen LogP contribution in [-0.2, 0) is 6.42 Å². The van der Waals surface area contributed by atoms with Crippen molar-refractivity contribution in [3.8, 4) is 5.75 Å². The minimum Gasteiger partial charge on any atom is -0.494 e. The Morgan fingerprint density at radius 1 is 1.05 bits per heavy atom. The Hall–Kier alpha value is -1.47. The van der Waals surface area contributed by atoms with Crippen molar-refractivity contribution in [3.05, 3.63) is 65.7 Å². The summed E-state index contributed by atoms with van der Waals surface area (Å²) in [5.74, 6) is 2.06. The summed E-state index contributed by atoms with van der Waals surface area (Å²) in [5.41, 5.74) is 2.66. The molecule has 0 saturated heterocycles. The van der Waals surface area contributed by atoms with Gasteiger partial charge in [0.2, 0.25) is 0 Å². The normalized spacial score (nSPS) is 12.1. The average molecular weight is 289 g/mol. The van der Waals surface area contributed by atoms with Gasteiger partial charge < -0.3 is 4.74 Å². The molecule has 0 saturated carbocycles. The number of para-hydroxylation sites is 1. The first-order chi connectivity index (χ1) is 9.78. The summed E-state index contributed by atoms with van der Waals surface area (Å²) in [6, 6.07) is 18.6. The zero-order valence-electron chi connectivity index (χ0n) is 11.9. The lowest BCUT2D eigenvalue weighted by Gasteiger charge is -2.15. The fourth-order valence-corrected chi connectivity index (χ4v) is 2.53. The quantitative estimate of drug-likeness (QED) is 0.661. The molecule has 0 fully saturated rings. The molecule has 0 aliphatic carbocycles. The van der Waals surface area contributed by atoms with Gasteiger partial charge in [0.15, 0.2) is 0 Å². The number of hydrogen-bond acceptors (Lipinski definition) is 1. The van der Waals surface area contributed by atoms with E-state index in [1.54, 1.807) is 0 Å². The van der Waals surface area contributed by atoms with Crippen molar-refractivity contribution in [3.63, 3.8) is 0 Å². The van der Waals surface area contributed by atoms with E-state index in [0.717, 1.165) is 18.6 Å². The average Bonchev–Trinajstić information content (AvgIpc) is 2.47. The number of hydrogen-bond donors (Lipinski definition) is 0. The fourth-order valence-electron chi connectivity index (χ4n) is 2.27. The van der Waals surface area contributed by atoms with Gasteiger partial charge in [-0.05, 0) is 43.4 Å². The molecule has 2 aromatic rings. The van der Waals surface area contributed by atoms with E-state index < -0.39 is 0 Å². The van der Waals surface area contributed by atoms with E-state index in [-0.39, 0.29) is 0 Å². The molecule has 106 valence electrons. The van der Waals surface area contributed by atoms with Gasteiger partial charge >= 0.3 is 0 Å². The largest absolute Gasteiger partial charge is 0.494 e. The van der Waals surface area contributed by atoms with Crippen molar-refractivity contribution in [1.29, 1.82) is 0 Å². The third kappa shape index (κ3) is 4.90. The smallest absolute Gasteiger partial charge is 0.119 e. The van der Waals surface area contributed by atoms with Gasteiger partial charge in [-0.15, -0.1) is 11.6 Å². The van der Waals surface area contributed by atoms with E-state index in [1.165, 1.54) is 11.1 Å². The Kier molecular flexibility index (Phi) is 5.94. The molecule has 0 spiro atoms. The van der Waals surface area contributed by atoms with Crippen molar-refractivity contribution in [2.24, 2.45) is 5.92 Å². The lowest BCUT2D eigenvalue weighted by molar-refractivity contribution is 0.284. The maximum atomic E-state index is 6.08. The lowest BCUT2D eigenvalue weighted by atomic mass is 9.97. The van der Waals surface area contributed by atoms with Crippen molar-refractivity contribution in [1.82, 2.24) is 0 Å². The molecule has 2 rings (SSSR count). The third-order valence-corrected chi connectivity index (χ3v) is 3.80. The second kappa shape index (κ2) is 7.96. The van der Waals surface area contributed by atoms with E-state index >= 15 is 0 Å². The molecular formula is C18H21ClO. The van der Waals surface area contributed by atoms with Crippen LogP contribution in [0.3, 0.4) is 0 Å². The number of alkyl halides is 1. The maximum absolute atomic E-state index is 6.08. The van der Waals surface area contributed by atoms with Crippen LogP contribution in [-0.4, -0.2) is 12.5 Å². The predicted molar refractivity (Wildman–Crippen MR) is 85.6 cm³/mol. The highest BCUT2D eigenvalue weighted by Gasteiger charge is 2.09. The second-order valence-electron chi connectivity index (χ2n) is 5.16.